The lowest BCUT2D eigenvalue weighted by Crippen LogP contribution is -1.96. The summed E-state index contributed by atoms with van der Waals surface area (Å²) < 4.78 is 0. The number of hydrogen-bond acceptors (Lipinski definition) is 3. The summed E-state index contributed by atoms with van der Waals surface area (Å²) in [6.07, 6.45) is 2.06. The molecule has 0 saturated carbocycles. The first-order chi connectivity index (χ1) is 5.77. The summed E-state index contributed by atoms with van der Waals surface area (Å²) in [5, 5.41) is 17.4. The Hall–Kier alpha value is -1.40. The van der Waals surface area contributed by atoms with Crippen molar-refractivity contribution in [2.75, 3.05) is 6.61 Å². The minimum atomic E-state index is 0.0676. The van der Waals surface area contributed by atoms with Crippen LogP contribution in [0, 0.1) is 18.3 Å². The predicted molar refractivity (Wildman–Crippen MR) is 44.5 cm³/mol. The van der Waals surface area contributed by atoms with Crippen molar-refractivity contribution in [2.24, 2.45) is 0 Å². The summed E-state index contributed by atoms with van der Waals surface area (Å²) in [5.41, 5.74) is 2.29. The fourth-order valence-electron chi connectivity index (χ4n) is 1.04. The van der Waals surface area contributed by atoms with E-state index in [-0.39, 0.29) is 6.61 Å². The Balaban J connectivity index is 3.06. The summed E-state index contributed by atoms with van der Waals surface area (Å²) in [7, 11) is 0. The van der Waals surface area contributed by atoms with Gasteiger partial charge in [-0.2, -0.15) is 5.26 Å². The fourth-order valence-corrected chi connectivity index (χ4v) is 1.04. The van der Waals surface area contributed by atoms with E-state index in [4.69, 9.17) is 10.4 Å². The summed E-state index contributed by atoms with van der Waals surface area (Å²) in [6, 6.07) is 3.86. The molecule has 3 heteroatoms. The molecule has 0 aliphatic heterocycles. The third kappa shape index (κ3) is 1.80. The van der Waals surface area contributed by atoms with Gasteiger partial charge in [-0.25, -0.2) is 0 Å². The Morgan fingerprint density at radius 3 is 3.00 bits per heavy atom. The Labute approximate surface area is 71.3 Å². The average Bonchev–Trinajstić information content (AvgIpc) is 2.05. The Morgan fingerprint density at radius 1 is 1.67 bits per heavy atom. The molecule has 0 aromatic carbocycles. The van der Waals surface area contributed by atoms with Crippen LogP contribution in [0.15, 0.2) is 12.3 Å². The number of hydrogen-bond donors (Lipinski definition) is 1. The quantitative estimate of drug-likeness (QED) is 0.699. The van der Waals surface area contributed by atoms with Crippen LogP contribution < -0.4 is 0 Å². The Bertz CT molecular complexity index is 315. The van der Waals surface area contributed by atoms with E-state index in [0.29, 0.717) is 12.0 Å². The molecule has 1 rings (SSSR count). The number of rotatable bonds is 2. The molecule has 0 saturated heterocycles. The molecule has 1 N–H and O–H groups in total. The van der Waals surface area contributed by atoms with Crippen LogP contribution in [0.1, 0.15) is 16.8 Å². The van der Waals surface area contributed by atoms with Crippen molar-refractivity contribution in [3.63, 3.8) is 0 Å². The van der Waals surface area contributed by atoms with Crippen molar-refractivity contribution in [2.45, 2.75) is 13.3 Å². The first kappa shape index (κ1) is 8.69. The molecule has 1 aromatic rings. The zero-order valence-corrected chi connectivity index (χ0v) is 6.91. The van der Waals surface area contributed by atoms with E-state index in [2.05, 4.69) is 4.98 Å². The number of pyridine rings is 1. The maximum atomic E-state index is 8.70. The van der Waals surface area contributed by atoms with Gasteiger partial charge < -0.3 is 5.11 Å². The molecule has 0 aliphatic rings. The van der Waals surface area contributed by atoms with Gasteiger partial charge in [0.2, 0.25) is 0 Å². The highest BCUT2D eigenvalue weighted by Gasteiger charge is 2.01. The lowest BCUT2D eigenvalue weighted by molar-refractivity contribution is 0.299. The zero-order chi connectivity index (χ0) is 8.97. The summed E-state index contributed by atoms with van der Waals surface area (Å²) in [4.78, 5) is 3.99. The lowest BCUT2D eigenvalue weighted by Gasteiger charge is -2.01. The second-order valence-electron chi connectivity index (χ2n) is 2.57. The number of aliphatic hydroxyl groups excluding tert-OH is 1. The van der Waals surface area contributed by atoms with E-state index < -0.39 is 0 Å². The molecule has 62 valence electrons. The van der Waals surface area contributed by atoms with Gasteiger partial charge in [-0.1, -0.05) is 0 Å². The van der Waals surface area contributed by atoms with Gasteiger partial charge in [-0.3, -0.25) is 4.98 Å². The monoisotopic (exact) mass is 162 g/mol. The number of nitriles is 1. The normalized spacial score (nSPS) is 9.42. The Morgan fingerprint density at radius 2 is 2.42 bits per heavy atom. The summed E-state index contributed by atoms with van der Waals surface area (Å²) >= 11 is 0. The largest absolute Gasteiger partial charge is 0.396 e. The molecule has 0 radical (unpaired) electrons. The van der Waals surface area contributed by atoms with Crippen LogP contribution in [-0.4, -0.2) is 16.7 Å². The van der Waals surface area contributed by atoms with Crippen LogP contribution in [0.3, 0.4) is 0 Å². The maximum absolute atomic E-state index is 8.70. The highest BCUT2D eigenvalue weighted by Crippen LogP contribution is 2.08. The van der Waals surface area contributed by atoms with Crippen LogP contribution in [0.4, 0.5) is 0 Å². The number of aromatic nitrogens is 1. The van der Waals surface area contributed by atoms with E-state index in [1.807, 2.05) is 19.1 Å². The molecule has 0 amide bonds. The van der Waals surface area contributed by atoms with E-state index in [1.54, 1.807) is 6.20 Å². The minimum absolute atomic E-state index is 0.0676. The SMILES string of the molecule is Cc1cc(CCO)c(C#N)cn1. The molecular weight excluding hydrogens is 152 g/mol. The maximum Gasteiger partial charge on any atom is 0.101 e. The van der Waals surface area contributed by atoms with Crippen molar-refractivity contribution < 1.29 is 5.11 Å². The van der Waals surface area contributed by atoms with Gasteiger partial charge in [-0.05, 0) is 25.0 Å². The second kappa shape index (κ2) is 3.84. The smallest absolute Gasteiger partial charge is 0.101 e. The third-order valence-electron chi connectivity index (χ3n) is 1.63. The molecule has 1 aromatic heterocycles. The number of aryl methyl sites for hydroxylation is 1. The van der Waals surface area contributed by atoms with E-state index in [9.17, 15) is 0 Å². The van der Waals surface area contributed by atoms with Gasteiger partial charge >= 0.3 is 0 Å². The standard InChI is InChI=1S/C9H10N2O/c1-7-4-8(2-3-12)9(5-10)6-11-7/h4,6,12H,2-3H2,1H3. The number of nitrogens with zero attached hydrogens (tertiary/aromatic N) is 2. The van der Waals surface area contributed by atoms with Crippen molar-refractivity contribution in [1.29, 1.82) is 5.26 Å². The molecule has 0 aliphatic carbocycles. The topological polar surface area (TPSA) is 56.9 Å². The molecule has 12 heavy (non-hydrogen) atoms. The molecule has 3 nitrogen and oxygen atoms in total. The zero-order valence-electron chi connectivity index (χ0n) is 6.91. The van der Waals surface area contributed by atoms with Crippen molar-refractivity contribution in [3.05, 3.63) is 29.1 Å². The summed E-state index contributed by atoms with van der Waals surface area (Å²) in [5.74, 6) is 0. The molecule has 0 spiro atoms. The van der Waals surface area contributed by atoms with Crippen LogP contribution in [-0.2, 0) is 6.42 Å². The van der Waals surface area contributed by atoms with Crippen LogP contribution >= 0.6 is 0 Å². The molecular formula is C9H10N2O. The predicted octanol–water partition coefficient (Wildman–Crippen LogP) is 0.796. The van der Waals surface area contributed by atoms with E-state index in [1.165, 1.54) is 0 Å². The number of aliphatic hydroxyl groups is 1. The second-order valence-corrected chi connectivity index (χ2v) is 2.57. The molecule has 0 bridgehead atoms. The van der Waals surface area contributed by atoms with Crippen molar-refractivity contribution in [1.82, 2.24) is 4.98 Å². The van der Waals surface area contributed by atoms with Gasteiger partial charge in [0, 0.05) is 18.5 Å². The molecule has 0 atom stereocenters. The van der Waals surface area contributed by atoms with Gasteiger partial charge in [0.15, 0.2) is 0 Å². The first-order valence-corrected chi connectivity index (χ1v) is 3.74. The van der Waals surface area contributed by atoms with Crippen LogP contribution in [0.5, 0.6) is 0 Å². The fraction of sp³-hybridized carbons (Fsp3) is 0.333. The van der Waals surface area contributed by atoms with Gasteiger partial charge in [0.1, 0.15) is 6.07 Å². The highest BCUT2D eigenvalue weighted by atomic mass is 16.2. The van der Waals surface area contributed by atoms with Crippen molar-refractivity contribution in [3.8, 4) is 6.07 Å². The van der Waals surface area contributed by atoms with Crippen molar-refractivity contribution >= 4 is 0 Å². The summed E-state index contributed by atoms with van der Waals surface area (Å²) in [6.45, 7) is 1.93. The van der Waals surface area contributed by atoms with E-state index >= 15 is 0 Å². The molecule has 0 fully saturated rings. The average molecular weight is 162 g/mol. The van der Waals surface area contributed by atoms with Gasteiger partial charge in [0.25, 0.3) is 0 Å². The minimum Gasteiger partial charge on any atom is -0.396 e. The van der Waals surface area contributed by atoms with E-state index in [0.717, 1.165) is 11.3 Å². The lowest BCUT2D eigenvalue weighted by atomic mass is 10.1. The van der Waals surface area contributed by atoms with Crippen LogP contribution in [0.2, 0.25) is 0 Å². The molecule has 0 unspecified atom stereocenters. The Kier molecular flexibility index (Phi) is 2.78. The third-order valence-corrected chi connectivity index (χ3v) is 1.63. The van der Waals surface area contributed by atoms with Gasteiger partial charge in [-0.15, -0.1) is 0 Å². The van der Waals surface area contributed by atoms with Gasteiger partial charge in [0.05, 0.1) is 5.56 Å². The molecule has 1 heterocycles. The first-order valence-electron chi connectivity index (χ1n) is 3.74. The van der Waals surface area contributed by atoms with Crippen LogP contribution in [0.25, 0.3) is 0 Å². The highest BCUT2D eigenvalue weighted by molar-refractivity contribution is 5.36.